The fraction of sp³-hybridized carbons (Fsp3) is 0.615. The van der Waals surface area contributed by atoms with E-state index in [1.807, 2.05) is 0 Å². The summed E-state index contributed by atoms with van der Waals surface area (Å²) < 4.78 is 1.56. The number of hydrogen-bond acceptors (Lipinski definition) is 3. The van der Waals surface area contributed by atoms with Gasteiger partial charge >= 0.3 is 12.0 Å². The van der Waals surface area contributed by atoms with Gasteiger partial charge in [0.1, 0.15) is 5.54 Å². The highest BCUT2D eigenvalue weighted by Gasteiger charge is 2.42. The predicted molar refractivity (Wildman–Crippen MR) is 73.4 cm³/mol. The van der Waals surface area contributed by atoms with E-state index < -0.39 is 17.5 Å². The predicted octanol–water partition coefficient (Wildman–Crippen LogP) is 1.58. The van der Waals surface area contributed by atoms with Crippen molar-refractivity contribution in [2.75, 3.05) is 5.32 Å². The molecule has 2 rings (SSSR count). The van der Waals surface area contributed by atoms with Crippen molar-refractivity contribution >= 4 is 17.7 Å². The molecule has 0 saturated heterocycles. The number of carboxylic acids is 1. The molecule has 1 aromatic rings. The molecule has 7 heteroatoms. The van der Waals surface area contributed by atoms with Crippen LogP contribution in [-0.4, -0.2) is 32.4 Å². The third-order valence-corrected chi connectivity index (χ3v) is 3.85. The van der Waals surface area contributed by atoms with Crippen LogP contribution >= 0.6 is 0 Å². The number of aryl methyl sites for hydroxylation is 1. The van der Waals surface area contributed by atoms with Crippen molar-refractivity contribution in [2.24, 2.45) is 13.0 Å². The number of hydrogen-bond donors (Lipinski definition) is 3. The van der Waals surface area contributed by atoms with Gasteiger partial charge in [0.25, 0.3) is 0 Å². The van der Waals surface area contributed by atoms with E-state index in [0.717, 1.165) is 12.8 Å². The Bertz CT molecular complexity index is 503. The Morgan fingerprint density at radius 2 is 2.10 bits per heavy atom. The minimum absolute atomic E-state index is 0.462. The molecule has 1 saturated carbocycles. The number of anilines is 1. The highest BCUT2D eigenvalue weighted by atomic mass is 16.4. The van der Waals surface area contributed by atoms with Crippen molar-refractivity contribution in [1.82, 2.24) is 15.1 Å². The lowest BCUT2D eigenvalue weighted by Crippen LogP contribution is -2.57. The molecule has 0 radical (unpaired) electrons. The van der Waals surface area contributed by atoms with Crippen LogP contribution in [0.5, 0.6) is 0 Å². The van der Waals surface area contributed by atoms with Crippen LogP contribution in [0.15, 0.2) is 12.4 Å². The minimum atomic E-state index is -1.15. The number of amides is 2. The lowest BCUT2D eigenvalue weighted by Gasteiger charge is -2.36. The third kappa shape index (κ3) is 3.09. The Balaban J connectivity index is 2.01. The summed E-state index contributed by atoms with van der Waals surface area (Å²) in [5.41, 5.74) is -0.617. The van der Waals surface area contributed by atoms with Gasteiger partial charge < -0.3 is 15.7 Å². The molecule has 1 fully saturated rings. The average Bonchev–Trinajstić information content (AvgIpc) is 2.77. The average molecular weight is 280 g/mol. The topological polar surface area (TPSA) is 96.3 Å². The molecule has 1 aliphatic carbocycles. The molecule has 20 heavy (non-hydrogen) atoms. The number of aliphatic carboxylic acids is 1. The zero-order valence-corrected chi connectivity index (χ0v) is 11.7. The first-order chi connectivity index (χ1) is 9.41. The summed E-state index contributed by atoms with van der Waals surface area (Å²) in [5.74, 6) is -0.462. The number of carboxylic acid groups (broad SMARTS) is 1. The van der Waals surface area contributed by atoms with Crippen molar-refractivity contribution in [2.45, 2.75) is 38.1 Å². The quantitative estimate of drug-likeness (QED) is 0.783. The molecule has 1 heterocycles. The van der Waals surface area contributed by atoms with Crippen LogP contribution in [0.3, 0.4) is 0 Å². The van der Waals surface area contributed by atoms with E-state index in [0.29, 0.717) is 24.4 Å². The van der Waals surface area contributed by atoms with Gasteiger partial charge in [0.05, 0.1) is 11.9 Å². The molecule has 110 valence electrons. The summed E-state index contributed by atoms with van der Waals surface area (Å²) in [6.07, 6.45) is 5.69. The molecule has 1 aromatic heterocycles. The van der Waals surface area contributed by atoms with E-state index in [9.17, 15) is 14.7 Å². The number of urea groups is 1. The maximum Gasteiger partial charge on any atom is 0.329 e. The maximum absolute atomic E-state index is 12.0. The zero-order valence-electron chi connectivity index (χ0n) is 11.7. The zero-order chi connectivity index (χ0) is 14.8. The normalized spacial score (nSPS) is 26.0. The van der Waals surface area contributed by atoms with Crippen molar-refractivity contribution in [3.63, 3.8) is 0 Å². The van der Waals surface area contributed by atoms with Crippen molar-refractivity contribution < 1.29 is 14.7 Å². The van der Waals surface area contributed by atoms with Gasteiger partial charge in [-0.25, -0.2) is 9.59 Å². The summed E-state index contributed by atoms with van der Waals surface area (Å²) in [4.78, 5) is 23.5. The van der Waals surface area contributed by atoms with Crippen LogP contribution in [-0.2, 0) is 11.8 Å². The molecule has 0 unspecified atom stereocenters. The van der Waals surface area contributed by atoms with Gasteiger partial charge in [-0.15, -0.1) is 0 Å². The van der Waals surface area contributed by atoms with Crippen LogP contribution in [0.1, 0.15) is 32.6 Å². The number of carbonyl (C=O) groups is 2. The van der Waals surface area contributed by atoms with Crippen LogP contribution in [0, 0.1) is 5.92 Å². The molecule has 0 aromatic carbocycles. The minimum Gasteiger partial charge on any atom is -0.480 e. The second-order valence-corrected chi connectivity index (χ2v) is 5.55. The Labute approximate surface area is 117 Å². The first-order valence-corrected chi connectivity index (χ1v) is 6.72. The molecule has 0 aliphatic heterocycles. The first-order valence-electron chi connectivity index (χ1n) is 6.72. The molecule has 0 spiro atoms. The Hall–Kier alpha value is -2.05. The highest BCUT2D eigenvalue weighted by molar-refractivity contribution is 5.93. The molecule has 0 atom stereocenters. The van der Waals surface area contributed by atoms with E-state index >= 15 is 0 Å². The molecular formula is C13H20N4O3. The molecule has 0 bridgehead atoms. The third-order valence-electron chi connectivity index (χ3n) is 3.85. The molecule has 1 aliphatic rings. The van der Waals surface area contributed by atoms with Gasteiger partial charge in [0, 0.05) is 13.2 Å². The maximum atomic E-state index is 12.0. The highest BCUT2D eigenvalue weighted by Crippen LogP contribution is 2.32. The Kier molecular flexibility index (Phi) is 3.96. The van der Waals surface area contributed by atoms with Gasteiger partial charge in [0.2, 0.25) is 0 Å². The number of rotatable bonds is 3. The van der Waals surface area contributed by atoms with E-state index in [2.05, 4.69) is 22.7 Å². The SMILES string of the molecule is CC1CCC(NC(=O)Nc2cnn(C)c2)(C(=O)O)CC1. The largest absolute Gasteiger partial charge is 0.480 e. The molecule has 7 nitrogen and oxygen atoms in total. The van der Waals surface area contributed by atoms with E-state index in [4.69, 9.17) is 0 Å². The van der Waals surface area contributed by atoms with Crippen molar-refractivity contribution in [3.05, 3.63) is 12.4 Å². The van der Waals surface area contributed by atoms with Crippen LogP contribution < -0.4 is 10.6 Å². The first kappa shape index (κ1) is 14.4. The van der Waals surface area contributed by atoms with E-state index in [1.165, 1.54) is 6.20 Å². The van der Waals surface area contributed by atoms with Gasteiger partial charge in [-0.2, -0.15) is 5.10 Å². The smallest absolute Gasteiger partial charge is 0.329 e. The number of carbonyl (C=O) groups excluding carboxylic acids is 1. The van der Waals surface area contributed by atoms with Crippen molar-refractivity contribution in [3.8, 4) is 0 Å². The molecular weight excluding hydrogens is 260 g/mol. The fourth-order valence-electron chi connectivity index (χ4n) is 2.51. The van der Waals surface area contributed by atoms with E-state index in [-0.39, 0.29) is 0 Å². The van der Waals surface area contributed by atoms with Gasteiger partial charge in [-0.1, -0.05) is 6.92 Å². The molecule has 3 N–H and O–H groups in total. The molecule has 2 amide bonds. The summed E-state index contributed by atoms with van der Waals surface area (Å²) >= 11 is 0. The standard InChI is InChI=1S/C13H20N4O3/c1-9-3-5-13(6-4-9,11(18)19)16-12(20)15-10-7-14-17(2)8-10/h7-9H,3-6H2,1-2H3,(H,18,19)(H2,15,16,20). The van der Waals surface area contributed by atoms with Crippen LogP contribution in [0.25, 0.3) is 0 Å². The van der Waals surface area contributed by atoms with Gasteiger partial charge in [-0.3, -0.25) is 4.68 Å². The Morgan fingerprint density at radius 3 is 2.60 bits per heavy atom. The van der Waals surface area contributed by atoms with Gasteiger partial charge in [-0.05, 0) is 31.6 Å². The van der Waals surface area contributed by atoms with Crippen molar-refractivity contribution in [1.29, 1.82) is 0 Å². The summed E-state index contributed by atoms with van der Waals surface area (Å²) in [6, 6.07) is -0.505. The van der Waals surface area contributed by atoms with E-state index in [1.54, 1.807) is 17.9 Å². The van der Waals surface area contributed by atoms with Gasteiger partial charge in [0.15, 0.2) is 0 Å². The lowest BCUT2D eigenvalue weighted by atomic mass is 9.77. The number of nitrogens with one attached hydrogen (secondary N) is 2. The summed E-state index contributed by atoms with van der Waals surface area (Å²) in [7, 11) is 1.74. The fourth-order valence-corrected chi connectivity index (χ4v) is 2.51. The second kappa shape index (κ2) is 5.52. The number of aromatic nitrogens is 2. The monoisotopic (exact) mass is 280 g/mol. The van der Waals surface area contributed by atoms with Crippen LogP contribution in [0.4, 0.5) is 10.5 Å². The second-order valence-electron chi connectivity index (χ2n) is 5.55. The van der Waals surface area contributed by atoms with Crippen LogP contribution in [0.2, 0.25) is 0 Å². The Morgan fingerprint density at radius 1 is 1.45 bits per heavy atom. The lowest BCUT2D eigenvalue weighted by molar-refractivity contribution is -0.146. The number of nitrogens with zero attached hydrogens (tertiary/aromatic N) is 2. The summed E-state index contributed by atoms with van der Waals surface area (Å²) in [6.45, 7) is 2.10. The summed E-state index contributed by atoms with van der Waals surface area (Å²) in [5, 5.41) is 18.6.